The second-order valence-corrected chi connectivity index (χ2v) is 9.27. The topological polar surface area (TPSA) is 94.5 Å². The minimum Gasteiger partial charge on any atom is -0.493 e. The van der Waals surface area contributed by atoms with E-state index in [1.54, 1.807) is 92.0 Å². The monoisotopic (exact) mass is 526 g/mol. The average molecular weight is 527 g/mol. The van der Waals surface area contributed by atoms with Crippen LogP contribution in [-0.2, 0) is 5.60 Å². The molecule has 0 amide bonds. The summed E-state index contributed by atoms with van der Waals surface area (Å²) in [7, 11) is 4.61. The highest BCUT2D eigenvalue weighted by molar-refractivity contribution is 6.13. The SMILES string of the molecule is COc1ccc([C@@H]([C@H](CO)Oc2ccccc2OC)C2(O)c3ccccc3C(=O)c3ccccc32)cc1OC. The fourth-order valence-electron chi connectivity index (χ4n) is 5.51. The molecule has 0 heterocycles. The predicted octanol–water partition coefficient (Wildman–Crippen LogP) is 4.72. The van der Waals surface area contributed by atoms with Gasteiger partial charge in [-0.3, -0.25) is 4.79 Å². The van der Waals surface area contributed by atoms with Crippen LogP contribution in [0.3, 0.4) is 0 Å². The van der Waals surface area contributed by atoms with Crippen molar-refractivity contribution in [1.82, 2.24) is 0 Å². The van der Waals surface area contributed by atoms with E-state index in [1.807, 2.05) is 6.07 Å². The highest BCUT2D eigenvalue weighted by Gasteiger charge is 2.52. The summed E-state index contributed by atoms with van der Waals surface area (Å²) in [6, 6.07) is 26.4. The number of hydrogen-bond acceptors (Lipinski definition) is 7. The molecule has 0 radical (unpaired) electrons. The Morgan fingerprint density at radius 1 is 0.692 bits per heavy atom. The van der Waals surface area contributed by atoms with Crippen molar-refractivity contribution in [3.8, 4) is 23.0 Å². The highest BCUT2D eigenvalue weighted by Crippen LogP contribution is 2.51. The molecule has 0 aliphatic heterocycles. The van der Waals surface area contributed by atoms with Crippen LogP contribution in [0, 0.1) is 0 Å². The first-order valence-electron chi connectivity index (χ1n) is 12.6. The van der Waals surface area contributed by atoms with Crippen LogP contribution < -0.4 is 18.9 Å². The molecule has 200 valence electrons. The Kier molecular flexibility index (Phi) is 7.28. The normalized spacial score (nSPS) is 14.9. The number of aliphatic hydroxyl groups is 2. The van der Waals surface area contributed by atoms with E-state index in [9.17, 15) is 15.0 Å². The van der Waals surface area contributed by atoms with E-state index in [0.717, 1.165) is 0 Å². The lowest BCUT2D eigenvalue weighted by Gasteiger charge is -2.44. The summed E-state index contributed by atoms with van der Waals surface area (Å²) in [5.41, 5.74) is 0.473. The maximum Gasteiger partial charge on any atom is 0.193 e. The van der Waals surface area contributed by atoms with E-state index in [0.29, 0.717) is 50.8 Å². The third-order valence-electron chi connectivity index (χ3n) is 7.28. The van der Waals surface area contributed by atoms with Crippen LogP contribution in [0.5, 0.6) is 23.0 Å². The number of ketones is 1. The molecule has 2 N–H and O–H groups in total. The molecule has 0 unspecified atom stereocenters. The van der Waals surface area contributed by atoms with Gasteiger partial charge in [-0.15, -0.1) is 0 Å². The van der Waals surface area contributed by atoms with Crippen molar-refractivity contribution in [2.45, 2.75) is 17.6 Å². The summed E-state index contributed by atoms with van der Waals surface area (Å²) < 4.78 is 22.9. The Morgan fingerprint density at radius 2 is 1.21 bits per heavy atom. The van der Waals surface area contributed by atoms with Crippen LogP contribution in [0.1, 0.15) is 38.5 Å². The van der Waals surface area contributed by atoms with Gasteiger partial charge in [0, 0.05) is 11.1 Å². The highest BCUT2D eigenvalue weighted by atomic mass is 16.5. The minimum absolute atomic E-state index is 0.178. The van der Waals surface area contributed by atoms with Crippen LogP contribution in [0.2, 0.25) is 0 Å². The summed E-state index contributed by atoms with van der Waals surface area (Å²) in [6.07, 6.45) is -0.973. The second-order valence-electron chi connectivity index (χ2n) is 9.27. The van der Waals surface area contributed by atoms with Crippen molar-refractivity contribution in [2.75, 3.05) is 27.9 Å². The first kappa shape index (κ1) is 26.3. The van der Waals surface area contributed by atoms with Crippen molar-refractivity contribution in [3.05, 3.63) is 119 Å². The number of methoxy groups -OCH3 is 3. The fraction of sp³-hybridized carbons (Fsp3) is 0.219. The maximum atomic E-state index is 13.5. The molecular formula is C32H30O7. The molecule has 1 aliphatic rings. The zero-order valence-electron chi connectivity index (χ0n) is 22.0. The summed E-state index contributed by atoms with van der Waals surface area (Å²) in [6.45, 7) is -0.447. The van der Waals surface area contributed by atoms with Crippen molar-refractivity contribution in [2.24, 2.45) is 0 Å². The van der Waals surface area contributed by atoms with E-state index in [4.69, 9.17) is 18.9 Å². The Bertz CT molecular complexity index is 1450. The molecule has 1 aliphatic carbocycles. The molecule has 4 aromatic rings. The van der Waals surface area contributed by atoms with Gasteiger partial charge in [0.15, 0.2) is 28.8 Å². The standard InChI is InChI=1S/C32H30O7/c1-36-25-14-8-9-15-27(25)39-29(19-33)30(20-16-17-26(37-2)28(18-20)38-3)32(35)23-12-6-4-10-21(23)31(34)22-11-5-7-13-24(22)32/h4-18,29-30,33,35H,19H2,1-3H3/t29-,30-/m0/s1. The average Bonchev–Trinajstić information content (AvgIpc) is 2.99. The molecule has 7 heteroatoms. The third kappa shape index (κ3) is 4.39. The zero-order chi connectivity index (χ0) is 27.6. The molecule has 0 bridgehead atoms. The number of hydrogen-bond donors (Lipinski definition) is 2. The first-order valence-corrected chi connectivity index (χ1v) is 12.6. The van der Waals surface area contributed by atoms with Crippen LogP contribution in [0.15, 0.2) is 91.0 Å². The third-order valence-corrected chi connectivity index (χ3v) is 7.28. The molecule has 0 aromatic heterocycles. The quantitative estimate of drug-likeness (QED) is 0.326. The Balaban J connectivity index is 1.79. The van der Waals surface area contributed by atoms with Crippen LogP contribution in [0.25, 0.3) is 0 Å². The summed E-state index contributed by atoms with van der Waals surface area (Å²) in [5.74, 6) is 0.768. The second kappa shape index (κ2) is 10.8. The summed E-state index contributed by atoms with van der Waals surface area (Å²) in [5, 5.41) is 23.8. The predicted molar refractivity (Wildman–Crippen MR) is 146 cm³/mol. The molecular weight excluding hydrogens is 496 g/mol. The largest absolute Gasteiger partial charge is 0.493 e. The number of carbonyl (C=O) groups is 1. The van der Waals surface area contributed by atoms with Crippen molar-refractivity contribution >= 4 is 5.78 Å². The lowest BCUT2D eigenvalue weighted by Crippen LogP contribution is -2.48. The first-order chi connectivity index (χ1) is 19.0. The number of benzene rings is 4. The van der Waals surface area contributed by atoms with Gasteiger partial charge >= 0.3 is 0 Å². The van der Waals surface area contributed by atoms with Crippen molar-refractivity contribution in [1.29, 1.82) is 0 Å². The van der Waals surface area contributed by atoms with Gasteiger partial charge in [0.1, 0.15) is 11.7 Å². The number of aliphatic hydroxyl groups excluding tert-OH is 1. The van der Waals surface area contributed by atoms with E-state index < -0.39 is 24.2 Å². The van der Waals surface area contributed by atoms with Crippen LogP contribution >= 0.6 is 0 Å². The maximum absolute atomic E-state index is 13.5. The number of para-hydroxylation sites is 2. The molecule has 0 spiro atoms. The fourth-order valence-corrected chi connectivity index (χ4v) is 5.51. The van der Waals surface area contributed by atoms with Gasteiger partial charge in [0.05, 0.1) is 33.9 Å². The van der Waals surface area contributed by atoms with Crippen molar-refractivity contribution < 1.29 is 34.0 Å². The molecule has 0 saturated carbocycles. The van der Waals surface area contributed by atoms with Crippen LogP contribution in [-0.4, -0.2) is 50.0 Å². The smallest absolute Gasteiger partial charge is 0.193 e. The molecule has 5 rings (SSSR count). The Morgan fingerprint density at radius 3 is 1.77 bits per heavy atom. The van der Waals surface area contributed by atoms with Gasteiger partial charge in [-0.1, -0.05) is 66.7 Å². The van der Waals surface area contributed by atoms with Crippen LogP contribution in [0.4, 0.5) is 0 Å². The van der Waals surface area contributed by atoms with Gasteiger partial charge < -0.3 is 29.2 Å². The molecule has 39 heavy (non-hydrogen) atoms. The number of fused-ring (bicyclic) bond motifs is 2. The van der Waals surface area contributed by atoms with E-state index in [-0.39, 0.29) is 5.78 Å². The Hall–Kier alpha value is -4.33. The summed E-state index contributed by atoms with van der Waals surface area (Å²) >= 11 is 0. The molecule has 0 saturated heterocycles. The van der Waals surface area contributed by atoms with Gasteiger partial charge in [-0.2, -0.15) is 0 Å². The van der Waals surface area contributed by atoms with Crippen molar-refractivity contribution in [3.63, 3.8) is 0 Å². The van der Waals surface area contributed by atoms with Gasteiger partial charge in [0.25, 0.3) is 0 Å². The lowest BCUT2D eigenvalue weighted by molar-refractivity contribution is -0.0213. The number of ether oxygens (including phenoxy) is 4. The Labute approximate surface area is 227 Å². The molecule has 4 aromatic carbocycles. The molecule has 0 fully saturated rings. The zero-order valence-corrected chi connectivity index (χ0v) is 22.0. The van der Waals surface area contributed by atoms with Gasteiger partial charge in [-0.25, -0.2) is 0 Å². The summed E-state index contributed by atoms with van der Waals surface area (Å²) in [4.78, 5) is 13.5. The number of carbonyl (C=O) groups excluding carboxylic acids is 1. The lowest BCUT2D eigenvalue weighted by atomic mass is 9.64. The molecule has 2 atom stereocenters. The van der Waals surface area contributed by atoms with E-state index >= 15 is 0 Å². The number of rotatable bonds is 9. The minimum atomic E-state index is -1.77. The van der Waals surface area contributed by atoms with E-state index in [2.05, 4.69) is 0 Å². The van der Waals surface area contributed by atoms with Gasteiger partial charge in [0.2, 0.25) is 0 Å². The van der Waals surface area contributed by atoms with E-state index in [1.165, 1.54) is 14.2 Å². The van der Waals surface area contributed by atoms with Gasteiger partial charge in [-0.05, 0) is 41.0 Å². The molecule has 7 nitrogen and oxygen atoms in total.